The number of nitrogens with zero attached hydrogens (tertiary/aromatic N) is 1. The quantitative estimate of drug-likeness (QED) is 0.890. The summed E-state index contributed by atoms with van der Waals surface area (Å²) in [6.45, 7) is 2.20. The molecule has 120 valence electrons. The van der Waals surface area contributed by atoms with Crippen LogP contribution in [0.15, 0.2) is 35.1 Å². The zero-order valence-electron chi connectivity index (χ0n) is 13.0. The number of hydrogen-bond acceptors (Lipinski definition) is 3. The highest BCUT2D eigenvalue weighted by Gasteiger charge is 2.36. The minimum atomic E-state index is -0.209. The Hall–Kier alpha value is -2.14. The number of H-pyrrole nitrogens is 1. The van der Waals surface area contributed by atoms with E-state index in [1.807, 2.05) is 18.2 Å². The van der Waals surface area contributed by atoms with Crippen molar-refractivity contribution in [1.82, 2.24) is 15.2 Å². The van der Waals surface area contributed by atoms with Crippen molar-refractivity contribution in [2.75, 3.05) is 13.1 Å². The average molecular weight is 311 g/mol. The third kappa shape index (κ3) is 2.65. The number of piperidine rings is 1. The van der Waals surface area contributed by atoms with Gasteiger partial charge in [0.25, 0.3) is 11.5 Å². The van der Waals surface area contributed by atoms with Crippen LogP contribution in [0.3, 0.4) is 0 Å². The van der Waals surface area contributed by atoms with Gasteiger partial charge in [0, 0.05) is 24.0 Å². The van der Waals surface area contributed by atoms with E-state index in [0.29, 0.717) is 17.1 Å². The lowest BCUT2D eigenvalue weighted by Gasteiger charge is -2.32. The molecule has 0 unspecified atom stereocenters. The third-order valence-electron chi connectivity index (χ3n) is 5.17. The van der Waals surface area contributed by atoms with Gasteiger partial charge in [-0.2, -0.15) is 0 Å². The van der Waals surface area contributed by atoms with Crippen LogP contribution in [0.5, 0.6) is 0 Å². The second kappa shape index (κ2) is 5.81. The number of nitrogens with one attached hydrogen (secondary N) is 2. The van der Waals surface area contributed by atoms with Gasteiger partial charge in [0.15, 0.2) is 0 Å². The zero-order valence-corrected chi connectivity index (χ0v) is 13.0. The van der Waals surface area contributed by atoms with Crippen LogP contribution >= 0.6 is 0 Å². The molecule has 2 aromatic rings. The molecule has 5 heteroatoms. The van der Waals surface area contributed by atoms with Gasteiger partial charge in [-0.05, 0) is 43.3 Å². The molecule has 1 amide bonds. The Morgan fingerprint density at radius 1 is 1.17 bits per heavy atom. The van der Waals surface area contributed by atoms with E-state index < -0.39 is 0 Å². The van der Waals surface area contributed by atoms with Gasteiger partial charge in [0.2, 0.25) is 0 Å². The Balaban J connectivity index is 1.56. The highest BCUT2D eigenvalue weighted by molar-refractivity contribution is 5.96. The molecule has 5 nitrogen and oxygen atoms in total. The molecule has 1 aromatic heterocycles. The van der Waals surface area contributed by atoms with Gasteiger partial charge in [-0.25, -0.2) is 0 Å². The van der Waals surface area contributed by atoms with Crippen LogP contribution in [0.25, 0.3) is 10.8 Å². The van der Waals surface area contributed by atoms with Crippen LogP contribution in [0.4, 0.5) is 0 Å². The second-order valence-electron chi connectivity index (χ2n) is 6.57. The molecule has 4 rings (SSSR count). The lowest BCUT2D eigenvalue weighted by atomic mass is 9.99. The second-order valence-corrected chi connectivity index (χ2v) is 6.57. The smallest absolute Gasteiger partial charge is 0.268 e. The first-order chi connectivity index (χ1) is 11.2. The number of carbonyl (C=O) groups is 1. The summed E-state index contributed by atoms with van der Waals surface area (Å²) in [5.74, 6) is -0.176. The maximum absolute atomic E-state index is 12.6. The molecule has 3 heterocycles. The first kappa shape index (κ1) is 14.5. The number of aromatic amines is 1. The minimum absolute atomic E-state index is 0.176. The minimum Gasteiger partial charge on any atom is -0.346 e. The number of amides is 1. The molecule has 0 spiro atoms. The van der Waals surface area contributed by atoms with Crippen molar-refractivity contribution < 1.29 is 4.79 Å². The highest BCUT2D eigenvalue weighted by Crippen LogP contribution is 2.27. The molecule has 0 aliphatic carbocycles. The predicted molar refractivity (Wildman–Crippen MR) is 89.7 cm³/mol. The first-order valence-electron chi connectivity index (χ1n) is 8.39. The van der Waals surface area contributed by atoms with E-state index >= 15 is 0 Å². The predicted octanol–water partition coefficient (Wildman–Crippen LogP) is 1.88. The number of fused-ring (bicyclic) bond motifs is 2. The SMILES string of the molecule is O=C(N[C@H]1CCN2CCCC[C@@H]12)c1cc2ccccc2c(=O)[nH]1. The molecule has 2 fully saturated rings. The third-order valence-corrected chi connectivity index (χ3v) is 5.17. The summed E-state index contributed by atoms with van der Waals surface area (Å²) in [7, 11) is 0. The molecule has 2 saturated heterocycles. The lowest BCUT2D eigenvalue weighted by Crippen LogP contribution is -2.47. The number of hydrogen-bond donors (Lipinski definition) is 2. The summed E-state index contributed by atoms with van der Waals surface area (Å²) in [6.07, 6.45) is 4.64. The molecule has 2 N–H and O–H groups in total. The van der Waals surface area contributed by atoms with E-state index in [9.17, 15) is 9.59 Å². The van der Waals surface area contributed by atoms with Crippen LogP contribution in [0, 0.1) is 0 Å². The Morgan fingerprint density at radius 3 is 2.96 bits per heavy atom. The fraction of sp³-hybridized carbons (Fsp3) is 0.444. The maximum Gasteiger partial charge on any atom is 0.268 e. The molecule has 0 radical (unpaired) electrons. The Kier molecular flexibility index (Phi) is 3.65. The lowest BCUT2D eigenvalue weighted by molar-refractivity contribution is 0.0910. The molecule has 0 bridgehead atoms. The summed E-state index contributed by atoms with van der Waals surface area (Å²) in [6, 6.07) is 9.75. The van der Waals surface area contributed by atoms with Gasteiger partial charge >= 0.3 is 0 Å². The van der Waals surface area contributed by atoms with Crippen molar-refractivity contribution in [3.8, 4) is 0 Å². The van der Waals surface area contributed by atoms with E-state index in [1.54, 1.807) is 12.1 Å². The summed E-state index contributed by atoms with van der Waals surface area (Å²) in [5, 5.41) is 4.55. The molecule has 2 aliphatic rings. The van der Waals surface area contributed by atoms with Crippen LogP contribution in [-0.2, 0) is 0 Å². The summed E-state index contributed by atoms with van der Waals surface area (Å²) in [5.41, 5.74) is 0.141. The van der Waals surface area contributed by atoms with Gasteiger partial charge in [-0.1, -0.05) is 24.6 Å². The van der Waals surface area contributed by atoms with Gasteiger partial charge in [0.1, 0.15) is 5.69 Å². The van der Waals surface area contributed by atoms with Crippen LogP contribution in [0.1, 0.15) is 36.2 Å². The number of benzene rings is 1. The van der Waals surface area contributed by atoms with E-state index in [4.69, 9.17) is 0 Å². The summed E-state index contributed by atoms with van der Waals surface area (Å²) in [4.78, 5) is 29.9. The normalized spacial score (nSPS) is 24.5. The van der Waals surface area contributed by atoms with Gasteiger partial charge in [-0.3, -0.25) is 14.5 Å². The van der Waals surface area contributed by atoms with Crippen molar-refractivity contribution in [3.63, 3.8) is 0 Å². The molecule has 2 atom stereocenters. The van der Waals surface area contributed by atoms with Crippen molar-refractivity contribution in [3.05, 3.63) is 46.4 Å². The largest absolute Gasteiger partial charge is 0.346 e. The standard InChI is InChI=1S/C18H21N3O2/c22-17-13-6-2-1-5-12(13)11-15(20-17)18(23)19-14-8-10-21-9-4-3-7-16(14)21/h1-2,5-6,11,14,16H,3-4,7-10H2,(H,19,23)(H,20,22)/t14-,16-/m0/s1. The topological polar surface area (TPSA) is 65.2 Å². The molecule has 1 aromatic carbocycles. The van der Waals surface area contributed by atoms with Crippen LogP contribution in [0.2, 0.25) is 0 Å². The van der Waals surface area contributed by atoms with Crippen molar-refractivity contribution in [1.29, 1.82) is 0 Å². The molecular weight excluding hydrogens is 290 g/mol. The van der Waals surface area contributed by atoms with E-state index in [0.717, 1.165) is 31.3 Å². The van der Waals surface area contributed by atoms with Gasteiger partial charge in [-0.15, -0.1) is 0 Å². The van der Waals surface area contributed by atoms with E-state index in [1.165, 1.54) is 12.8 Å². The number of pyridine rings is 1. The van der Waals surface area contributed by atoms with Crippen molar-refractivity contribution in [2.45, 2.75) is 37.8 Å². The fourth-order valence-electron chi connectivity index (χ4n) is 4.00. The Labute approximate surface area is 134 Å². The summed E-state index contributed by atoms with van der Waals surface area (Å²) >= 11 is 0. The Bertz CT molecular complexity index is 798. The maximum atomic E-state index is 12.6. The zero-order chi connectivity index (χ0) is 15.8. The number of aromatic nitrogens is 1. The van der Waals surface area contributed by atoms with Crippen molar-refractivity contribution in [2.24, 2.45) is 0 Å². The van der Waals surface area contributed by atoms with Gasteiger partial charge < -0.3 is 10.3 Å². The van der Waals surface area contributed by atoms with Crippen LogP contribution in [-0.4, -0.2) is 41.0 Å². The average Bonchev–Trinajstić information content (AvgIpc) is 2.98. The highest BCUT2D eigenvalue weighted by atomic mass is 16.2. The number of rotatable bonds is 2. The fourth-order valence-corrected chi connectivity index (χ4v) is 4.00. The van der Waals surface area contributed by atoms with E-state index in [-0.39, 0.29) is 17.5 Å². The monoisotopic (exact) mass is 311 g/mol. The van der Waals surface area contributed by atoms with Crippen molar-refractivity contribution >= 4 is 16.7 Å². The summed E-state index contributed by atoms with van der Waals surface area (Å²) < 4.78 is 0. The molecule has 0 saturated carbocycles. The molecule has 23 heavy (non-hydrogen) atoms. The Morgan fingerprint density at radius 2 is 2.04 bits per heavy atom. The number of carbonyl (C=O) groups excluding carboxylic acids is 1. The molecule has 2 aliphatic heterocycles. The van der Waals surface area contributed by atoms with E-state index in [2.05, 4.69) is 15.2 Å². The first-order valence-corrected chi connectivity index (χ1v) is 8.39. The molecular formula is C18H21N3O2. The van der Waals surface area contributed by atoms with Crippen LogP contribution < -0.4 is 10.9 Å². The van der Waals surface area contributed by atoms with Gasteiger partial charge in [0.05, 0.1) is 0 Å².